The Balaban J connectivity index is 1.70. The van der Waals surface area contributed by atoms with Gasteiger partial charge in [0, 0.05) is 20.0 Å². The first kappa shape index (κ1) is 14.3. The fourth-order valence-corrected chi connectivity index (χ4v) is 3.19. The molecule has 0 atom stereocenters. The standard InChI is InChI=1S/C16H22N2O3/c1-19-12-16(9-3-2-4-10-16)15-17-14(21-18-15)8-7-13-6-5-11-20-13/h5-6,11H,2-4,7-10,12H2,1H3. The van der Waals surface area contributed by atoms with Crippen LogP contribution in [-0.2, 0) is 23.0 Å². The van der Waals surface area contributed by atoms with Crippen molar-refractivity contribution in [3.05, 3.63) is 35.9 Å². The van der Waals surface area contributed by atoms with Crippen molar-refractivity contribution in [3.63, 3.8) is 0 Å². The molecule has 0 aromatic carbocycles. The van der Waals surface area contributed by atoms with Crippen LogP contribution in [0.5, 0.6) is 0 Å². The van der Waals surface area contributed by atoms with Crippen LogP contribution >= 0.6 is 0 Å². The van der Waals surface area contributed by atoms with Crippen LogP contribution in [0.25, 0.3) is 0 Å². The summed E-state index contributed by atoms with van der Waals surface area (Å²) < 4.78 is 16.2. The number of aryl methyl sites for hydroxylation is 2. The second kappa shape index (κ2) is 6.43. The minimum absolute atomic E-state index is 0.0561. The molecule has 2 heterocycles. The first-order valence-corrected chi connectivity index (χ1v) is 7.67. The molecule has 0 N–H and O–H groups in total. The summed E-state index contributed by atoms with van der Waals surface area (Å²) in [4.78, 5) is 4.62. The summed E-state index contributed by atoms with van der Waals surface area (Å²) in [6.07, 6.45) is 9.05. The van der Waals surface area contributed by atoms with Crippen LogP contribution in [-0.4, -0.2) is 23.9 Å². The van der Waals surface area contributed by atoms with E-state index in [-0.39, 0.29) is 5.41 Å². The molecule has 114 valence electrons. The van der Waals surface area contributed by atoms with Crippen LogP contribution in [0.15, 0.2) is 27.3 Å². The number of rotatable bonds is 6. The Morgan fingerprint density at radius 1 is 1.24 bits per heavy atom. The topological polar surface area (TPSA) is 61.3 Å². The molecule has 5 nitrogen and oxygen atoms in total. The summed E-state index contributed by atoms with van der Waals surface area (Å²) in [5, 5.41) is 4.23. The van der Waals surface area contributed by atoms with E-state index in [1.165, 1.54) is 19.3 Å². The van der Waals surface area contributed by atoms with Gasteiger partial charge in [0.2, 0.25) is 5.89 Å². The van der Waals surface area contributed by atoms with Crippen LogP contribution in [0.1, 0.15) is 49.6 Å². The Kier molecular flexibility index (Phi) is 4.39. The molecule has 1 saturated carbocycles. The van der Waals surface area contributed by atoms with E-state index in [2.05, 4.69) is 10.1 Å². The molecule has 0 spiro atoms. The maximum Gasteiger partial charge on any atom is 0.227 e. The predicted molar refractivity (Wildman–Crippen MR) is 77.1 cm³/mol. The first-order chi connectivity index (χ1) is 10.3. The van der Waals surface area contributed by atoms with E-state index in [1.807, 2.05) is 12.1 Å². The highest BCUT2D eigenvalue weighted by Crippen LogP contribution is 2.38. The van der Waals surface area contributed by atoms with E-state index in [0.29, 0.717) is 18.9 Å². The molecular formula is C16H22N2O3. The first-order valence-electron chi connectivity index (χ1n) is 7.67. The van der Waals surface area contributed by atoms with Gasteiger partial charge in [-0.2, -0.15) is 4.98 Å². The van der Waals surface area contributed by atoms with Crippen molar-refractivity contribution < 1.29 is 13.7 Å². The molecule has 1 fully saturated rings. The van der Waals surface area contributed by atoms with Gasteiger partial charge in [-0.15, -0.1) is 0 Å². The normalized spacial score (nSPS) is 18.0. The summed E-state index contributed by atoms with van der Waals surface area (Å²) in [5.74, 6) is 2.44. The fourth-order valence-electron chi connectivity index (χ4n) is 3.19. The lowest BCUT2D eigenvalue weighted by Gasteiger charge is -2.33. The van der Waals surface area contributed by atoms with E-state index < -0.39 is 0 Å². The van der Waals surface area contributed by atoms with Crippen molar-refractivity contribution in [1.82, 2.24) is 10.1 Å². The minimum atomic E-state index is -0.0561. The molecule has 0 amide bonds. The predicted octanol–water partition coefficient (Wildman–Crippen LogP) is 3.30. The molecule has 1 aliphatic carbocycles. The molecular weight excluding hydrogens is 268 g/mol. The number of hydrogen-bond donors (Lipinski definition) is 0. The second-order valence-corrected chi connectivity index (χ2v) is 5.87. The highest BCUT2D eigenvalue weighted by molar-refractivity contribution is 5.09. The van der Waals surface area contributed by atoms with Crippen molar-refractivity contribution in [3.8, 4) is 0 Å². The summed E-state index contributed by atoms with van der Waals surface area (Å²) in [6, 6.07) is 3.86. The summed E-state index contributed by atoms with van der Waals surface area (Å²) in [7, 11) is 1.74. The largest absolute Gasteiger partial charge is 0.469 e. The quantitative estimate of drug-likeness (QED) is 0.817. The van der Waals surface area contributed by atoms with E-state index in [9.17, 15) is 0 Å². The average Bonchev–Trinajstić information content (AvgIpc) is 3.18. The number of methoxy groups -OCH3 is 1. The van der Waals surface area contributed by atoms with Gasteiger partial charge in [0.1, 0.15) is 5.76 Å². The highest BCUT2D eigenvalue weighted by atomic mass is 16.5. The average molecular weight is 290 g/mol. The molecule has 0 saturated heterocycles. The van der Waals surface area contributed by atoms with E-state index in [1.54, 1.807) is 13.4 Å². The molecule has 5 heteroatoms. The molecule has 21 heavy (non-hydrogen) atoms. The lowest BCUT2D eigenvalue weighted by molar-refractivity contribution is 0.0961. The Morgan fingerprint density at radius 2 is 2.10 bits per heavy atom. The molecule has 1 aliphatic rings. The third-order valence-electron chi connectivity index (χ3n) is 4.34. The van der Waals surface area contributed by atoms with E-state index in [0.717, 1.165) is 30.8 Å². The lowest BCUT2D eigenvalue weighted by atomic mass is 9.74. The highest BCUT2D eigenvalue weighted by Gasteiger charge is 2.38. The number of nitrogens with zero attached hydrogens (tertiary/aromatic N) is 2. The second-order valence-electron chi connectivity index (χ2n) is 5.87. The SMILES string of the molecule is COCC1(c2noc(CCc3ccco3)n2)CCCCC1. The molecule has 0 unspecified atom stereocenters. The van der Waals surface area contributed by atoms with Crippen molar-refractivity contribution in [1.29, 1.82) is 0 Å². The van der Waals surface area contributed by atoms with Gasteiger partial charge in [-0.25, -0.2) is 0 Å². The monoisotopic (exact) mass is 290 g/mol. The fraction of sp³-hybridized carbons (Fsp3) is 0.625. The van der Waals surface area contributed by atoms with Crippen molar-refractivity contribution in [2.75, 3.05) is 13.7 Å². The van der Waals surface area contributed by atoms with E-state index in [4.69, 9.17) is 13.7 Å². The zero-order valence-corrected chi connectivity index (χ0v) is 12.5. The van der Waals surface area contributed by atoms with Gasteiger partial charge < -0.3 is 13.7 Å². The minimum Gasteiger partial charge on any atom is -0.469 e. The van der Waals surface area contributed by atoms with Crippen molar-refractivity contribution in [2.45, 2.75) is 50.4 Å². The third kappa shape index (κ3) is 3.18. The van der Waals surface area contributed by atoms with E-state index >= 15 is 0 Å². The Bertz CT molecular complexity index is 536. The van der Waals surface area contributed by atoms with Gasteiger partial charge in [-0.05, 0) is 25.0 Å². The van der Waals surface area contributed by atoms with Gasteiger partial charge in [-0.1, -0.05) is 24.4 Å². The van der Waals surface area contributed by atoms with Crippen LogP contribution < -0.4 is 0 Å². The number of aromatic nitrogens is 2. The van der Waals surface area contributed by atoms with Crippen LogP contribution in [0.4, 0.5) is 0 Å². The summed E-state index contributed by atoms with van der Waals surface area (Å²) >= 11 is 0. The Hall–Kier alpha value is -1.62. The van der Waals surface area contributed by atoms with Crippen LogP contribution in [0, 0.1) is 0 Å². The summed E-state index contributed by atoms with van der Waals surface area (Å²) in [6.45, 7) is 0.671. The zero-order chi connectivity index (χ0) is 14.5. The van der Waals surface area contributed by atoms with Gasteiger partial charge in [0.05, 0.1) is 18.3 Å². The number of furan rings is 1. The third-order valence-corrected chi connectivity index (χ3v) is 4.34. The van der Waals surface area contributed by atoms with Crippen molar-refractivity contribution in [2.24, 2.45) is 0 Å². The molecule has 2 aromatic rings. The van der Waals surface area contributed by atoms with Gasteiger partial charge >= 0.3 is 0 Å². The van der Waals surface area contributed by atoms with Gasteiger partial charge in [-0.3, -0.25) is 0 Å². The Labute approximate surface area is 124 Å². The molecule has 0 aliphatic heterocycles. The number of hydrogen-bond acceptors (Lipinski definition) is 5. The van der Waals surface area contributed by atoms with Crippen LogP contribution in [0.3, 0.4) is 0 Å². The lowest BCUT2D eigenvalue weighted by Crippen LogP contribution is -2.35. The maximum absolute atomic E-state index is 5.43. The molecule has 2 aromatic heterocycles. The Morgan fingerprint density at radius 3 is 2.81 bits per heavy atom. The molecule has 0 radical (unpaired) electrons. The zero-order valence-electron chi connectivity index (χ0n) is 12.5. The molecule has 3 rings (SSSR count). The number of ether oxygens (including phenoxy) is 1. The molecule has 0 bridgehead atoms. The summed E-state index contributed by atoms with van der Waals surface area (Å²) in [5.41, 5.74) is -0.0561. The maximum atomic E-state index is 5.43. The van der Waals surface area contributed by atoms with Crippen molar-refractivity contribution >= 4 is 0 Å². The van der Waals surface area contributed by atoms with Crippen LogP contribution in [0.2, 0.25) is 0 Å². The van der Waals surface area contributed by atoms with Gasteiger partial charge in [0.25, 0.3) is 0 Å². The van der Waals surface area contributed by atoms with Gasteiger partial charge in [0.15, 0.2) is 5.82 Å². The smallest absolute Gasteiger partial charge is 0.227 e.